The first kappa shape index (κ1) is 21.4. The molecule has 0 bridgehead atoms. The van der Waals surface area contributed by atoms with E-state index in [2.05, 4.69) is 48.5 Å². The van der Waals surface area contributed by atoms with Crippen molar-refractivity contribution in [1.82, 2.24) is 0 Å². The van der Waals surface area contributed by atoms with Crippen molar-refractivity contribution in [3.8, 4) is 11.1 Å². The molecule has 0 aliphatic heterocycles. The standard InChI is InChI=1S/C21H14O.C12H10/c22-21(19-13-5-9-15-7-1-3-11-17(15)19)20-14-6-10-16-8-2-4-12-18(16)20;1-3-7-11(8-4-1)12-9-5-2-6-10-12/h1-14H;1-10H. The van der Waals surface area contributed by atoms with Crippen LogP contribution in [0.2, 0.25) is 0 Å². The van der Waals surface area contributed by atoms with E-state index in [-0.39, 0.29) is 5.78 Å². The first-order chi connectivity index (χ1) is 16.8. The molecule has 0 N–H and O–H groups in total. The maximum atomic E-state index is 13.1. The van der Waals surface area contributed by atoms with Gasteiger partial charge >= 0.3 is 0 Å². The van der Waals surface area contributed by atoms with Crippen LogP contribution in [0.3, 0.4) is 0 Å². The SMILES string of the molecule is O=C(c1cccc2ccccc12)c1cccc2ccccc12.c1ccc(-c2ccccc2)cc1. The minimum atomic E-state index is 0.0774. The summed E-state index contributed by atoms with van der Waals surface area (Å²) < 4.78 is 0. The Hall–Kier alpha value is -4.49. The average Bonchev–Trinajstić information content (AvgIpc) is 2.93. The molecule has 34 heavy (non-hydrogen) atoms. The minimum absolute atomic E-state index is 0.0774. The maximum absolute atomic E-state index is 13.1. The molecule has 0 fully saturated rings. The van der Waals surface area contributed by atoms with Crippen LogP contribution in [-0.4, -0.2) is 5.78 Å². The summed E-state index contributed by atoms with van der Waals surface area (Å²) in [6, 6.07) is 48.6. The zero-order valence-corrected chi connectivity index (χ0v) is 18.8. The van der Waals surface area contributed by atoms with Crippen molar-refractivity contribution in [3.63, 3.8) is 0 Å². The Morgan fingerprint density at radius 2 is 0.706 bits per heavy atom. The van der Waals surface area contributed by atoms with E-state index in [1.54, 1.807) is 0 Å². The minimum Gasteiger partial charge on any atom is -0.289 e. The van der Waals surface area contributed by atoms with E-state index >= 15 is 0 Å². The summed E-state index contributed by atoms with van der Waals surface area (Å²) in [5, 5.41) is 4.19. The zero-order chi connectivity index (χ0) is 23.2. The third-order valence-corrected chi connectivity index (χ3v) is 5.95. The van der Waals surface area contributed by atoms with Gasteiger partial charge in [-0.15, -0.1) is 0 Å². The molecule has 0 aliphatic rings. The second-order valence-corrected chi connectivity index (χ2v) is 8.11. The monoisotopic (exact) mass is 436 g/mol. The van der Waals surface area contributed by atoms with Gasteiger partial charge < -0.3 is 0 Å². The van der Waals surface area contributed by atoms with Crippen molar-refractivity contribution in [2.75, 3.05) is 0 Å². The molecule has 162 valence electrons. The molecule has 1 nitrogen and oxygen atoms in total. The van der Waals surface area contributed by atoms with Gasteiger partial charge in [0, 0.05) is 11.1 Å². The lowest BCUT2D eigenvalue weighted by Crippen LogP contribution is -2.03. The Balaban J connectivity index is 0.000000169. The van der Waals surface area contributed by atoms with Crippen molar-refractivity contribution in [1.29, 1.82) is 0 Å². The fourth-order valence-corrected chi connectivity index (χ4v) is 4.25. The maximum Gasteiger partial charge on any atom is 0.194 e. The van der Waals surface area contributed by atoms with Gasteiger partial charge in [-0.3, -0.25) is 4.79 Å². The van der Waals surface area contributed by atoms with E-state index in [4.69, 9.17) is 0 Å². The van der Waals surface area contributed by atoms with Crippen molar-refractivity contribution >= 4 is 27.3 Å². The molecule has 6 aromatic rings. The zero-order valence-electron chi connectivity index (χ0n) is 18.8. The lowest BCUT2D eigenvalue weighted by molar-refractivity contribution is 0.104. The third kappa shape index (κ3) is 4.51. The number of carbonyl (C=O) groups is 1. The second kappa shape index (κ2) is 9.97. The van der Waals surface area contributed by atoms with Gasteiger partial charge in [0.2, 0.25) is 0 Å². The molecule has 1 heteroatoms. The van der Waals surface area contributed by atoms with Crippen molar-refractivity contribution in [2.45, 2.75) is 0 Å². The molecule has 6 rings (SSSR count). The second-order valence-electron chi connectivity index (χ2n) is 8.11. The van der Waals surface area contributed by atoms with Crippen LogP contribution in [0.1, 0.15) is 15.9 Å². The Morgan fingerprint density at radius 1 is 0.353 bits per heavy atom. The summed E-state index contributed by atoms with van der Waals surface area (Å²) in [6.07, 6.45) is 0. The number of rotatable bonds is 3. The van der Waals surface area contributed by atoms with Crippen LogP contribution >= 0.6 is 0 Å². The molecular formula is C33H24O. The molecule has 0 saturated heterocycles. The third-order valence-electron chi connectivity index (χ3n) is 5.95. The van der Waals surface area contributed by atoms with Crippen molar-refractivity contribution in [3.05, 3.63) is 157 Å². The highest BCUT2D eigenvalue weighted by atomic mass is 16.1. The van der Waals surface area contributed by atoms with Gasteiger partial charge in [0.15, 0.2) is 5.78 Å². The Kier molecular flexibility index (Phi) is 6.27. The van der Waals surface area contributed by atoms with Gasteiger partial charge in [0.25, 0.3) is 0 Å². The van der Waals surface area contributed by atoms with Gasteiger partial charge in [0.1, 0.15) is 0 Å². The summed E-state index contributed by atoms with van der Waals surface area (Å²) in [6.45, 7) is 0. The number of hydrogen-bond donors (Lipinski definition) is 0. The van der Waals surface area contributed by atoms with E-state index in [0.29, 0.717) is 0 Å². The molecule has 0 amide bonds. The van der Waals surface area contributed by atoms with Crippen LogP contribution in [0.5, 0.6) is 0 Å². The highest BCUT2D eigenvalue weighted by Crippen LogP contribution is 2.25. The van der Waals surface area contributed by atoms with Gasteiger partial charge in [-0.2, -0.15) is 0 Å². The average molecular weight is 437 g/mol. The molecule has 0 unspecified atom stereocenters. The van der Waals surface area contributed by atoms with Crippen LogP contribution in [-0.2, 0) is 0 Å². The molecule has 0 spiro atoms. The summed E-state index contributed by atoms with van der Waals surface area (Å²) >= 11 is 0. The lowest BCUT2D eigenvalue weighted by atomic mass is 9.94. The van der Waals surface area contributed by atoms with Gasteiger partial charge in [-0.1, -0.05) is 146 Å². The van der Waals surface area contributed by atoms with E-state index in [1.165, 1.54) is 11.1 Å². The highest BCUT2D eigenvalue weighted by molar-refractivity contribution is 6.21. The fourth-order valence-electron chi connectivity index (χ4n) is 4.25. The fraction of sp³-hybridized carbons (Fsp3) is 0. The smallest absolute Gasteiger partial charge is 0.194 e. The summed E-state index contributed by atoms with van der Waals surface area (Å²) in [4.78, 5) is 13.1. The quantitative estimate of drug-likeness (QED) is 0.254. The van der Waals surface area contributed by atoms with E-state index in [9.17, 15) is 4.79 Å². The van der Waals surface area contributed by atoms with Gasteiger partial charge in [-0.05, 0) is 32.7 Å². The van der Waals surface area contributed by atoms with Crippen molar-refractivity contribution < 1.29 is 4.79 Å². The van der Waals surface area contributed by atoms with Gasteiger partial charge in [0.05, 0.1) is 0 Å². The molecule has 6 aromatic carbocycles. The molecule has 0 radical (unpaired) electrons. The lowest BCUT2D eigenvalue weighted by Gasteiger charge is -2.08. The van der Waals surface area contributed by atoms with Gasteiger partial charge in [-0.25, -0.2) is 0 Å². The van der Waals surface area contributed by atoms with E-state index in [1.807, 2.05) is 97.1 Å². The number of fused-ring (bicyclic) bond motifs is 2. The van der Waals surface area contributed by atoms with Crippen LogP contribution in [0, 0.1) is 0 Å². The number of hydrogen-bond acceptors (Lipinski definition) is 1. The summed E-state index contributed by atoms with van der Waals surface area (Å²) in [7, 11) is 0. The number of ketones is 1. The normalized spacial score (nSPS) is 10.5. The van der Waals surface area contributed by atoms with Crippen LogP contribution in [0.25, 0.3) is 32.7 Å². The summed E-state index contributed by atoms with van der Waals surface area (Å²) in [5.41, 5.74) is 4.07. The molecule has 0 atom stereocenters. The number of carbonyl (C=O) groups excluding carboxylic acids is 1. The molecule has 0 heterocycles. The Morgan fingerprint density at radius 3 is 1.15 bits per heavy atom. The Labute approximate surface area is 199 Å². The van der Waals surface area contributed by atoms with Crippen LogP contribution in [0.15, 0.2) is 146 Å². The first-order valence-electron chi connectivity index (χ1n) is 11.4. The molecule has 0 saturated carbocycles. The highest BCUT2D eigenvalue weighted by Gasteiger charge is 2.14. The van der Waals surface area contributed by atoms with Crippen LogP contribution in [0.4, 0.5) is 0 Å². The van der Waals surface area contributed by atoms with E-state index in [0.717, 1.165) is 32.7 Å². The predicted octanol–water partition coefficient (Wildman–Crippen LogP) is 8.58. The molecule has 0 aromatic heterocycles. The van der Waals surface area contributed by atoms with Crippen LogP contribution < -0.4 is 0 Å². The predicted molar refractivity (Wildman–Crippen MR) is 143 cm³/mol. The molecule has 0 aliphatic carbocycles. The number of benzene rings is 6. The van der Waals surface area contributed by atoms with E-state index < -0.39 is 0 Å². The van der Waals surface area contributed by atoms with Crippen molar-refractivity contribution in [2.24, 2.45) is 0 Å². The summed E-state index contributed by atoms with van der Waals surface area (Å²) in [5.74, 6) is 0.0774. The Bertz CT molecular complexity index is 1420. The first-order valence-corrected chi connectivity index (χ1v) is 11.4. The largest absolute Gasteiger partial charge is 0.289 e. The topological polar surface area (TPSA) is 17.1 Å². The molecular weight excluding hydrogens is 412 g/mol.